The lowest BCUT2D eigenvalue weighted by Crippen LogP contribution is -2.36. The Labute approximate surface area is 87.3 Å². The van der Waals surface area contributed by atoms with Gasteiger partial charge in [0.05, 0.1) is 0 Å². The van der Waals surface area contributed by atoms with Gasteiger partial charge in [-0.05, 0) is 6.42 Å². The predicted octanol–water partition coefficient (Wildman–Crippen LogP) is -0.286. The zero-order chi connectivity index (χ0) is 11.3. The van der Waals surface area contributed by atoms with Crippen LogP contribution in [-0.4, -0.2) is 42.4 Å². The average molecular weight is 214 g/mol. The van der Waals surface area contributed by atoms with E-state index < -0.39 is 18.1 Å². The van der Waals surface area contributed by atoms with Gasteiger partial charge < -0.3 is 20.5 Å². The number of aliphatic carboxylic acids is 1. The molecular weight excluding hydrogens is 200 g/mol. The Morgan fingerprint density at radius 1 is 1.67 bits per heavy atom. The highest BCUT2D eigenvalue weighted by atomic mass is 16.5. The Hall–Kier alpha value is -1.56. The minimum atomic E-state index is -0.904. The van der Waals surface area contributed by atoms with E-state index in [1.807, 2.05) is 0 Å². The van der Waals surface area contributed by atoms with Crippen LogP contribution in [-0.2, 0) is 9.53 Å². The lowest BCUT2D eigenvalue weighted by molar-refractivity contribution is -0.139. The fourth-order valence-corrected chi connectivity index (χ4v) is 1.38. The van der Waals surface area contributed by atoms with E-state index in [0.29, 0.717) is 13.0 Å². The molecule has 0 bridgehead atoms. The zero-order valence-electron chi connectivity index (χ0n) is 8.23. The molecule has 0 aromatic carbocycles. The summed E-state index contributed by atoms with van der Waals surface area (Å²) in [6, 6.07) is -0.780. The number of carboxylic acids is 1. The highest BCUT2D eigenvalue weighted by Gasteiger charge is 2.30. The first kappa shape index (κ1) is 11.5. The van der Waals surface area contributed by atoms with Crippen LogP contribution in [0, 0.1) is 0 Å². The first-order valence-corrected chi connectivity index (χ1v) is 4.64. The van der Waals surface area contributed by atoms with Crippen molar-refractivity contribution in [1.82, 2.24) is 10.6 Å². The molecule has 0 unspecified atom stereocenters. The largest absolute Gasteiger partial charge is 0.480 e. The molecule has 2 atom stereocenters. The van der Waals surface area contributed by atoms with Crippen LogP contribution in [0.1, 0.15) is 6.42 Å². The summed E-state index contributed by atoms with van der Waals surface area (Å²) in [5.41, 5.74) is 0. The van der Waals surface area contributed by atoms with E-state index in [1.165, 1.54) is 6.08 Å². The Balaban J connectivity index is 2.26. The number of rotatable bonds is 4. The molecular formula is C9H14N2O4. The number of carbonyl (C=O) groups excluding carboxylic acids is 1. The Kier molecular flexibility index (Phi) is 4.11. The van der Waals surface area contributed by atoms with E-state index in [4.69, 9.17) is 9.84 Å². The number of carboxylic acid groups (broad SMARTS) is 1. The van der Waals surface area contributed by atoms with Crippen molar-refractivity contribution in [3.63, 3.8) is 0 Å². The highest BCUT2D eigenvalue weighted by molar-refractivity contribution is 5.74. The smallest absolute Gasteiger partial charge is 0.407 e. The number of amides is 1. The molecule has 1 aliphatic heterocycles. The van der Waals surface area contributed by atoms with Crippen molar-refractivity contribution in [3.8, 4) is 0 Å². The van der Waals surface area contributed by atoms with Crippen molar-refractivity contribution in [2.75, 3.05) is 13.2 Å². The van der Waals surface area contributed by atoms with E-state index in [0.717, 1.165) is 0 Å². The van der Waals surface area contributed by atoms with Gasteiger partial charge in [0.25, 0.3) is 0 Å². The summed E-state index contributed by atoms with van der Waals surface area (Å²) in [7, 11) is 0. The van der Waals surface area contributed by atoms with Crippen LogP contribution in [0.25, 0.3) is 0 Å². The SMILES string of the molecule is C=CCOC(=O)N[C@@H]1CN[C@H](C(=O)O)C1. The maximum absolute atomic E-state index is 11.1. The maximum Gasteiger partial charge on any atom is 0.407 e. The van der Waals surface area contributed by atoms with Gasteiger partial charge in [0.15, 0.2) is 0 Å². The second kappa shape index (κ2) is 5.35. The summed E-state index contributed by atoms with van der Waals surface area (Å²) in [5, 5.41) is 14.0. The number of nitrogens with one attached hydrogen (secondary N) is 2. The number of alkyl carbamates (subject to hydrolysis) is 1. The van der Waals surface area contributed by atoms with Crippen LogP contribution < -0.4 is 10.6 Å². The number of hydrogen-bond donors (Lipinski definition) is 3. The molecule has 0 radical (unpaired) electrons. The van der Waals surface area contributed by atoms with Gasteiger partial charge in [0.1, 0.15) is 12.6 Å². The number of ether oxygens (including phenoxy) is 1. The normalized spacial score (nSPS) is 24.5. The van der Waals surface area contributed by atoms with Gasteiger partial charge in [-0.25, -0.2) is 4.79 Å². The lowest BCUT2D eigenvalue weighted by atomic mass is 10.2. The van der Waals surface area contributed by atoms with E-state index in [9.17, 15) is 9.59 Å². The Bertz CT molecular complexity index is 267. The molecule has 0 spiro atoms. The summed E-state index contributed by atoms with van der Waals surface area (Å²) in [4.78, 5) is 21.7. The second-order valence-electron chi connectivity index (χ2n) is 3.26. The van der Waals surface area contributed by atoms with Crippen LogP contribution in [0.15, 0.2) is 12.7 Å². The van der Waals surface area contributed by atoms with Crippen molar-refractivity contribution < 1.29 is 19.4 Å². The molecule has 6 nitrogen and oxygen atoms in total. The monoisotopic (exact) mass is 214 g/mol. The minimum Gasteiger partial charge on any atom is -0.480 e. The molecule has 84 valence electrons. The third-order valence-electron chi connectivity index (χ3n) is 2.08. The molecule has 1 fully saturated rings. The zero-order valence-corrected chi connectivity index (χ0v) is 8.23. The van der Waals surface area contributed by atoms with Gasteiger partial charge in [-0.15, -0.1) is 0 Å². The van der Waals surface area contributed by atoms with Crippen LogP contribution in [0.2, 0.25) is 0 Å². The van der Waals surface area contributed by atoms with Gasteiger partial charge in [-0.2, -0.15) is 0 Å². The van der Waals surface area contributed by atoms with Crippen LogP contribution in [0.3, 0.4) is 0 Å². The molecule has 0 aliphatic carbocycles. The summed E-state index contributed by atoms with van der Waals surface area (Å²) in [5.74, 6) is -0.904. The van der Waals surface area contributed by atoms with E-state index in [1.54, 1.807) is 0 Å². The predicted molar refractivity (Wildman–Crippen MR) is 52.5 cm³/mol. The highest BCUT2D eigenvalue weighted by Crippen LogP contribution is 2.06. The van der Waals surface area contributed by atoms with Crippen molar-refractivity contribution in [3.05, 3.63) is 12.7 Å². The second-order valence-corrected chi connectivity index (χ2v) is 3.26. The summed E-state index contributed by atoms with van der Waals surface area (Å²) >= 11 is 0. The van der Waals surface area contributed by atoms with Crippen LogP contribution in [0.4, 0.5) is 4.79 Å². The van der Waals surface area contributed by atoms with Crippen molar-refractivity contribution in [2.45, 2.75) is 18.5 Å². The van der Waals surface area contributed by atoms with Gasteiger partial charge >= 0.3 is 12.1 Å². The Morgan fingerprint density at radius 2 is 2.40 bits per heavy atom. The molecule has 1 aliphatic rings. The summed E-state index contributed by atoms with van der Waals surface area (Å²) in [6.45, 7) is 4.00. The first-order valence-electron chi connectivity index (χ1n) is 4.64. The Morgan fingerprint density at radius 3 is 2.93 bits per heavy atom. The molecule has 0 aromatic rings. The van der Waals surface area contributed by atoms with Crippen molar-refractivity contribution in [2.24, 2.45) is 0 Å². The molecule has 0 saturated carbocycles. The van der Waals surface area contributed by atoms with Gasteiger partial charge in [0, 0.05) is 12.6 Å². The summed E-state index contributed by atoms with van der Waals surface area (Å²) < 4.78 is 4.71. The molecule has 1 saturated heterocycles. The third kappa shape index (κ3) is 3.59. The molecule has 6 heteroatoms. The third-order valence-corrected chi connectivity index (χ3v) is 2.08. The quantitative estimate of drug-likeness (QED) is 0.560. The van der Waals surface area contributed by atoms with Gasteiger partial charge in [0.2, 0.25) is 0 Å². The maximum atomic E-state index is 11.1. The molecule has 0 aromatic heterocycles. The van der Waals surface area contributed by atoms with E-state index in [2.05, 4.69) is 17.2 Å². The van der Waals surface area contributed by atoms with Crippen LogP contribution in [0.5, 0.6) is 0 Å². The molecule has 15 heavy (non-hydrogen) atoms. The molecule has 1 rings (SSSR count). The average Bonchev–Trinajstić information content (AvgIpc) is 2.63. The molecule has 1 amide bonds. The molecule has 3 N–H and O–H groups in total. The van der Waals surface area contributed by atoms with Gasteiger partial charge in [-0.3, -0.25) is 4.79 Å². The summed E-state index contributed by atoms with van der Waals surface area (Å²) in [6.07, 6.45) is 1.29. The van der Waals surface area contributed by atoms with E-state index >= 15 is 0 Å². The topological polar surface area (TPSA) is 87.7 Å². The minimum absolute atomic E-state index is 0.147. The standard InChI is InChI=1S/C9H14N2O4/c1-2-3-15-9(14)11-6-4-7(8(12)13)10-5-6/h2,6-7,10H,1,3-5H2,(H,11,14)(H,12,13)/t6-,7-/m0/s1. The van der Waals surface area contributed by atoms with Crippen LogP contribution >= 0.6 is 0 Å². The fourth-order valence-electron chi connectivity index (χ4n) is 1.38. The van der Waals surface area contributed by atoms with E-state index in [-0.39, 0.29) is 12.6 Å². The first-order chi connectivity index (χ1) is 7.13. The molecule has 1 heterocycles. The number of hydrogen-bond acceptors (Lipinski definition) is 4. The van der Waals surface area contributed by atoms with Gasteiger partial charge in [-0.1, -0.05) is 12.7 Å². The number of carbonyl (C=O) groups is 2. The van der Waals surface area contributed by atoms with Crippen molar-refractivity contribution >= 4 is 12.1 Å². The lowest BCUT2D eigenvalue weighted by Gasteiger charge is -2.10. The fraction of sp³-hybridized carbons (Fsp3) is 0.556. The van der Waals surface area contributed by atoms with Crippen molar-refractivity contribution in [1.29, 1.82) is 0 Å².